The summed E-state index contributed by atoms with van der Waals surface area (Å²) < 4.78 is 4.66. The van der Waals surface area contributed by atoms with E-state index in [1.54, 1.807) is 12.1 Å². The third-order valence-electron chi connectivity index (χ3n) is 3.44. The van der Waals surface area contributed by atoms with E-state index in [4.69, 9.17) is 5.11 Å². The van der Waals surface area contributed by atoms with Crippen LogP contribution in [0.3, 0.4) is 0 Å². The molecule has 108 valence electrons. The first kappa shape index (κ1) is 14.5. The molecule has 0 aromatic heterocycles. The summed E-state index contributed by atoms with van der Waals surface area (Å²) in [7, 11) is 1.36. The maximum Gasteiger partial charge on any atom is 0.337 e. The second kappa shape index (κ2) is 6.52. The van der Waals surface area contributed by atoms with E-state index in [-0.39, 0.29) is 12.4 Å². The van der Waals surface area contributed by atoms with Crippen LogP contribution in [0.5, 0.6) is 0 Å². The van der Waals surface area contributed by atoms with Crippen molar-refractivity contribution < 1.29 is 19.4 Å². The van der Waals surface area contributed by atoms with E-state index >= 15 is 0 Å². The fraction of sp³-hybridized carbons (Fsp3) is 0.467. The van der Waals surface area contributed by atoms with Gasteiger partial charge in [0.05, 0.1) is 19.1 Å². The van der Waals surface area contributed by atoms with Gasteiger partial charge in [-0.2, -0.15) is 0 Å². The lowest BCUT2D eigenvalue weighted by molar-refractivity contribution is -0.137. The molecule has 1 aromatic carbocycles. The number of esters is 1. The Morgan fingerprint density at radius 1 is 1.30 bits per heavy atom. The largest absolute Gasteiger partial charge is 0.481 e. The average molecular weight is 277 g/mol. The van der Waals surface area contributed by atoms with Crippen LogP contribution in [0.4, 0.5) is 0 Å². The standard InChI is InChI=1S/C15H19NO4/c1-20-15(19)12-4-2-11(3-5-12)10-16(13-6-7-13)9-8-14(17)18/h2-5,13H,6-10H2,1H3,(H,17,18). The Kier molecular flexibility index (Phi) is 4.74. The molecule has 1 aliphatic rings. The van der Waals surface area contributed by atoms with Crippen molar-refractivity contribution in [3.63, 3.8) is 0 Å². The number of rotatable bonds is 7. The maximum atomic E-state index is 11.3. The smallest absolute Gasteiger partial charge is 0.337 e. The van der Waals surface area contributed by atoms with Gasteiger partial charge in [0.15, 0.2) is 0 Å². The number of benzene rings is 1. The summed E-state index contributed by atoms with van der Waals surface area (Å²) in [6, 6.07) is 7.77. The Bertz CT molecular complexity index is 479. The fourth-order valence-corrected chi connectivity index (χ4v) is 2.17. The molecule has 0 saturated heterocycles. The number of carbonyl (C=O) groups is 2. The minimum atomic E-state index is -0.767. The van der Waals surface area contributed by atoms with Gasteiger partial charge in [-0.3, -0.25) is 9.69 Å². The van der Waals surface area contributed by atoms with E-state index in [9.17, 15) is 9.59 Å². The van der Waals surface area contributed by atoms with Gasteiger partial charge in [-0.1, -0.05) is 12.1 Å². The number of nitrogens with zero attached hydrogens (tertiary/aromatic N) is 1. The molecule has 0 atom stereocenters. The highest BCUT2D eigenvalue weighted by molar-refractivity contribution is 5.89. The number of carbonyl (C=O) groups excluding carboxylic acids is 1. The highest BCUT2D eigenvalue weighted by Crippen LogP contribution is 2.28. The molecule has 0 radical (unpaired) electrons. The van der Waals surface area contributed by atoms with Crippen LogP contribution < -0.4 is 0 Å². The van der Waals surface area contributed by atoms with E-state index in [1.165, 1.54) is 7.11 Å². The Hall–Kier alpha value is -1.88. The molecule has 1 aromatic rings. The molecule has 1 aliphatic carbocycles. The van der Waals surface area contributed by atoms with Crippen LogP contribution in [0, 0.1) is 0 Å². The Morgan fingerprint density at radius 2 is 1.95 bits per heavy atom. The first-order valence-electron chi connectivity index (χ1n) is 6.73. The molecule has 0 amide bonds. The van der Waals surface area contributed by atoms with E-state index in [0.717, 1.165) is 24.9 Å². The SMILES string of the molecule is COC(=O)c1ccc(CN(CCC(=O)O)C2CC2)cc1. The molecule has 0 spiro atoms. The summed E-state index contributed by atoms with van der Waals surface area (Å²) in [5.74, 6) is -1.11. The van der Waals surface area contributed by atoms with E-state index in [0.29, 0.717) is 18.2 Å². The van der Waals surface area contributed by atoms with E-state index < -0.39 is 5.97 Å². The third kappa shape index (κ3) is 4.06. The lowest BCUT2D eigenvalue weighted by Crippen LogP contribution is -2.28. The van der Waals surface area contributed by atoms with Crippen molar-refractivity contribution >= 4 is 11.9 Å². The van der Waals surface area contributed by atoms with Crippen molar-refractivity contribution in [1.29, 1.82) is 0 Å². The Balaban J connectivity index is 1.96. The Morgan fingerprint density at radius 3 is 2.45 bits per heavy atom. The van der Waals surface area contributed by atoms with Crippen molar-refractivity contribution in [1.82, 2.24) is 4.90 Å². The molecule has 1 fully saturated rings. The summed E-state index contributed by atoms with van der Waals surface area (Å²) in [6.07, 6.45) is 2.44. The number of hydrogen-bond acceptors (Lipinski definition) is 4. The number of carboxylic acids is 1. The molecule has 20 heavy (non-hydrogen) atoms. The van der Waals surface area contributed by atoms with Crippen LogP contribution in [0.15, 0.2) is 24.3 Å². The quantitative estimate of drug-likeness (QED) is 0.771. The molecular formula is C15H19NO4. The normalized spacial score (nSPS) is 14.3. The molecular weight excluding hydrogens is 258 g/mol. The highest BCUT2D eigenvalue weighted by atomic mass is 16.5. The predicted octanol–water partition coefficient (Wildman–Crippen LogP) is 1.91. The average Bonchev–Trinajstić information content (AvgIpc) is 3.27. The van der Waals surface area contributed by atoms with E-state index in [1.807, 2.05) is 12.1 Å². The molecule has 1 saturated carbocycles. The molecule has 0 aliphatic heterocycles. The van der Waals surface area contributed by atoms with Gasteiger partial charge in [0.1, 0.15) is 0 Å². The first-order chi connectivity index (χ1) is 9.60. The lowest BCUT2D eigenvalue weighted by Gasteiger charge is -2.21. The summed E-state index contributed by atoms with van der Waals surface area (Å²) in [5, 5.41) is 8.78. The van der Waals surface area contributed by atoms with Crippen LogP contribution >= 0.6 is 0 Å². The summed E-state index contributed by atoms with van der Waals surface area (Å²) in [6.45, 7) is 1.29. The van der Waals surface area contributed by atoms with Gasteiger partial charge in [-0.25, -0.2) is 4.79 Å². The van der Waals surface area contributed by atoms with Crippen LogP contribution in [-0.4, -0.2) is 41.6 Å². The molecule has 5 heteroatoms. The van der Waals surface area contributed by atoms with Gasteiger partial charge in [-0.05, 0) is 30.5 Å². The third-order valence-corrected chi connectivity index (χ3v) is 3.44. The van der Waals surface area contributed by atoms with Crippen LogP contribution in [-0.2, 0) is 16.1 Å². The number of ether oxygens (including phenoxy) is 1. The van der Waals surface area contributed by atoms with Crippen LogP contribution in [0.1, 0.15) is 35.2 Å². The molecule has 0 heterocycles. The van der Waals surface area contributed by atoms with Crippen molar-refractivity contribution in [2.24, 2.45) is 0 Å². The van der Waals surface area contributed by atoms with Gasteiger partial charge in [0, 0.05) is 19.1 Å². The molecule has 1 N–H and O–H groups in total. The number of methoxy groups -OCH3 is 1. The molecule has 0 bridgehead atoms. The van der Waals surface area contributed by atoms with Crippen LogP contribution in [0.2, 0.25) is 0 Å². The van der Waals surface area contributed by atoms with Crippen molar-refractivity contribution in [3.05, 3.63) is 35.4 Å². The zero-order chi connectivity index (χ0) is 14.5. The zero-order valence-electron chi connectivity index (χ0n) is 11.5. The predicted molar refractivity (Wildman–Crippen MR) is 73.5 cm³/mol. The minimum absolute atomic E-state index is 0.163. The number of carboxylic acid groups (broad SMARTS) is 1. The minimum Gasteiger partial charge on any atom is -0.481 e. The first-order valence-corrected chi connectivity index (χ1v) is 6.73. The molecule has 5 nitrogen and oxygen atoms in total. The van der Waals surface area contributed by atoms with Crippen LogP contribution in [0.25, 0.3) is 0 Å². The topological polar surface area (TPSA) is 66.8 Å². The van der Waals surface area contributed by atoms with Gasteiger partial charge in [0.2, 0.25) is 0 Å². The monoisotopic (exact) mass is 277 g/mol. The number of hydrogen-bond donors (Lipinski definition) is 1. The van der Waals surface area contributed by atoms with Gasteiger partial charge in [-0.15, -0.1) is 0 Å². The maximum absolute atomic E-state index is 11.3. The second-order valence-corrected chi connectivity index (χ2v) is 5.03. The van der Waals surface area contributed by atoms with Crippen molar-refractivity contribution in [3.8, 4) is 0 Å². The fourth-order valence-electron chi connectivity index (χ4n) is 2.17. The second-order valence-electron chi connectivity index (χ2n) is 5.03. The Labute approximate surface area is 118 Å². The summed E-state index contributed by atoms with van der Waals surface area (Å²) in [5.41, 5.74) is 1.61. The lowest BCUT2D eigenvalue weighted by atomic mass is 10.1. The molecule has 2 rings (SSSR count). The summed E-state index contributed by atoms with van der Waals surface area (Å²) >= 11 is 0. The van der Waals surface area contributed by atoms with Gasteiger partial charge < -0.3 is 9.84 Å². The van der Waals surface area contributed by atoms with Crippen molar-refractivity contribution in [2.45, 2.75) is 31.8 Å². The highest BCUT2D eigenvalue weighted by Gasteiger charge is 2.29. The zero-order valence-corrected chi connectivity index (χ0v) is 11.5. The van der Waals surface area contributed by atoms with E-state index in [2.05, 4.69) is 9.64 Å². The van der Waals surface area contributed by atoms with Gasteiger partial charge in [0.25, 0.3) is 0 Å². The summed E-state index contributed by atoms with van der Waals surface area (Å²) in [4.78, 5) is 24.2. The molecule has 0 unspecified atom stereocenters. The van der Waals surface area contributed by atoms with Crippen molar-refractivity contribution in [2.75, 3.05) is 13.7 Å². The number of aliphatic carboxylic acids is 1. The van der Waals surface area contributed by atoms with Gasteiger partial charge >= 0.3 is 11.9 Å².